The standard InChI is InChI=1S/C16H24BrN3O/c1-16(2)11-20(9-7-14(16)18)10-8-15(21)19-13-5-3-12(17)4-6-13/h3-6,14H,7-11,18H2,1-2H3,(H,19,21). The molecule has 1 aromatic carbocycles. The van der Waals surface area contributed by atoms with Crippen LogP contribution in [0.1, 0.15) is 26.7 Å². The van der Waals surface area contributed by atoms with Crippen LogP contribution in [0.25, 0.3) is 0 Å². The van der Waals surface area contributed by atoms with E-state index in [1.165, 1.54) is 0 Å². The van der Waals surface area contributed by atoms with E-state index in [1.807, 2.05) is 24.3 Å². The van der Waals surface area contributed by atoms with Crippen LogP contribution in [-0.4, -0.2) is 36.5 Å². The third kappa shape index (κ3) is 4.80. The van der Waals surface area contributed by atoms with Gasteiger partial charge in [-0.3, -0.25) is 4.79 Å². The SMILES string of the molecule is CC1(C)CN(CCC(=O)Nc2ccc(Br)cc2)CCC1N. The molecule has 1 heterocycles. The molecule has 21 heavy (non-hydrogen) atoms. The van der Waals surface area contributed by atoms with Gasteiger partial charge in [-0.15, -0.1) is 0 Å². The van der Waals surface area contributed by atoms with Crippen molar-refractivity contribution in [1.82, 2.24) is 4.90 Å². The largest absolute Gasteiger partial charge is 0.327 e. The van der Waals surface area contributed by atoms with Crippen LogP contribution in [0.3, 0.4) is 0 Å². The first kappa shape index (κ1) is 16.5. The van der Waals surface area contributed by atoms with E-state index in [0.717, 1.165) is 36.2 Å². The molecule has 1 aliphatic rings. The third-order valence-electron chi connectivity index (χ3n) is 4.17. The molecule has 1 aliphatic heterocycles. The summed E-state index contributed by atoms with van der Waals surface area (Å²) >= 11 is 3.38. The van der Waals surface area contributed by atoms with E-state index in [1.54, 1.807) is 0 Å². The van der Waals surface area contributed by atoms with Crippen LogP contribution in [-0.2, 0) is 4.79 Å². The zero-order valence-electron chi connectivity index (χ0n) is 12.7. The van der Waals surface area contributed by atoms with E-state index >= 15 is 0 Å². The van der Waals surface area contributed by atoms with Crippen LogP contribution in [0.15, 0.2) is 28.7 Å². The van der Waals surface area contributed by atoms with Gasteiger partial charge in [0.15, 0.2) is 0 Å². The molecule has 5 heteroatoms. The zero-order valence-corrected chi connectivity index (χ0v) is 14.3. The van der Waals surface area contributed by atoms with Gasteiger partial charge in [0.05, 0.1) is 0 Å². The molecule has 1 aromatic rings. The number of likely N-dealkylation sites (tertiary alicyclic amines) is 1. The molecule has 116 valence electrons. The summed E-state index contributed by atoms with van der Waals surface area (Å²) in [5.41, 5.74) is 7.10. The molecule has 0 radical (unpaired) electrons. The molecule has 1 fully saturated rings. The van der Waals surface area contributed by atoms with E-state index in [0.29, 0.717) is 6.42 Å². The van der Waals surface area contributed by atoms with E-state index in [-0.39, 0.29) is 17.4 Å². The molecule has 0 bridgehead atoms. The second-order valence-corrected chi connectivity index (χ2v) is 7.38. The topological polar surface area (TPSA) is 58.4 Å². The Kier molecular flexibility index (Phi) is 5.41. The predicted molar refractivity (Wildman–Crippen MR) is 90.2 cm³/mol. The smallest absolute Gasteiger partial charge is 0.225 e. The van der Waals surface area contributed by atoms with E-state index in [4.69, 9.17) is 5.73 Å². The average Bonchev–Trinajstić information content (AvgIpc) is 2.42. The first-order valence-corrected chi connectivity index (χ1v) is 8.19. The molecule has 1 atom stereocenters. The fourth-order valence-electron chi connectivity index (χ4n) is 2.69. The van der Waals surface area contributed by atoms with Crippen LogP contribution in [0.4, 0.5) is 5.69 Å². The Labute approximate surface area is 135 Å². The van der Waals surface area contributed by atoms with Crippen molar-refractivity contribution < 1.29 is 4.79 Å². The summed E-state index contributed by atoms with van der Waals surface area (Å²) in [6, 6.07) is 7.88. The molecular weight excluding hydrogens is 330 g/mol. The van der Waals surface area contributed by atoms with Gasteiger partial charge in [0.1, 0.15) is 0 Å². The number of hydrogen-bond donors (Lipinski definition) is 2. The first-order valence-electron chi connectivity index (χ1n) is 7.40. The van der Waals surface area contributed by atoms with Crippen molar-refractivity contribution >= 4 is 27.5 Å². The minimum atomic E-state index is 0.0602. The summed E-state index contributed by atoms with van der Waals surface area (Å²) in [5, 5.41) is 2.93. The van der Waals surface area contributed by atoms with Crippen molar-refractivity contribution in [3.63, 3.8) is 0 Å². The molecule has 0 spiro atoms. The highest BCUT2D eigenvalue weighted by Gasteiger charge is 2.33. The molecule has 0 aromatic heterocycles. The third-order valence-corrected chi connectivity index (χ3v) is 4.70. The van der Waals surface area contributed by atoms with Crippen molar-refractivity contribution in [2.24, 2.45) is 11.1 Å². The quantitative estimate of drug-likeness (QED) is 0.874. The number of piperidine rings is 1. The second kappa shape index (κ2) is 6.90. The highest BCUT2D eigenvalue weighted by atomic mass is 79.9. The van der Waals surface area contributed by atoms with Crippen molar-refractivity contribution in [1.29, 1.82) is 0 Å². The van der Waals surface area contributed by atoms with Gasteiger partial charge < -0.3 is 16.0 Å². The Morgan fingerprint density at radius 3 is 2.71 bits per heavy atom. The van der Waals surface area contributed by atoms with Crippen molar-refractivity contribution in [2.75, 3.05) is 25.0 Å². The molecule has 1 amide bonds. The maximum absolute atomic E-state index is 12.0. The summed E-state index contributed by atoms with van der Waals surface area (Å²) < 4.78 is 1.01. The molecule has 4 nitrogen and oxygen atoms in total. The zero-order chi connectivity index (χ0) is 15.5. The normalized spacial score (nSPS) is 22.0. The fraction of sp³-hybridized carbons (Fsp3) is 0.562. The highest BCUT2D eigenvalue weighted by molar-refractivity contribution is 9.10. The number of carbonyl (C=O) groups is 1. The van der Waals surface area contributed by atoms with E-state index < -0.39 is 0 Å². The van der Waals surface area contributed by atoms with Crippen molar-refractivity contribution in [2.45, 2.75) is 32.7 Å². The Bertz CT molecular complexity index is 487. The second-order valence-electron chi connectivity index (χ2n) is 6.46. The number of nitrogens with two attached hydrogens (primary N) is 1. The number of rotatable bonds is 4. The number of hydrogen-bond acceptors (Lipinski definition) is 3. The van der Waals surface area contributed by atoms with Gasteiger partial charge in [-0.1, -0.05) is 29.8 Å². The van der Waals surface area contributed by atoms with Crippen LogP contribution in [0, 0.1) is 5.41 Å². The Morgan fingerprint density at radius 2 is 2.10 bits per heavy atom. The summed E-state index contributed by atoms with van der Waals surface area (Å²) in [6.07, 6.45) is 1.52. The van der Waals surface area contributed by atoms with Crippen LogP contribution in [0.5, 0.6) is 0 Å². The molecule has 0 saturated carbocycles. The molecular formula is C16H24BrN3O. The Balaban J connectivity index is 1.78. The number of anilines is 1. The summed E-state index contributed by atoms with van der Waals surface area (Å²) in [6.45, 7) is 7.13. The van der Waals surface area contributed by atoms with Gasteiger partial charge in [-0.25, -0.2) is 0 Å². The lowest BCUT2D eigenvalue weighted by Crippen LogP contribution is -2.52. The Hall–Kier alpha value is -0.910. The van der Waals surface area contributed by atoms with Gasteiger partial charge >= 0.3 is 0 Å². The number of amides is 1. The highest BCUT2D eigenvalue weighted by Crippen LogP contribution is 2.27. The number of nitrogens with one attached hydrogen (secondary N) is 1. The number of nitrogens with zero attached hydrogens (tertiary/aromatic N) is 1. The van der Waals surface area contributed by atoms with Gasteiger partial charge in [0.2, 0.25) is 5.91 Å². The number of halogens is 1. The lowest BCUT2D eigenvalue weighted by molar-refractivity contribution is -0.116. The minimum absolute atomic E-state index is 0.0602. The molecule has 1 unspecified atom stereocenters. The first-order chi connectivity index (χ1) is 9.87. The van der Waals surface area contributed by atoms with Gasteiger partial charge in [-0.2, -0.15) is 0 Å². The molecule has 3 N–H and O–H groups in total. The molecule has 2 rings (SSSR count). The van der Waals surface area contributed by atoms with E-state index in [2.05, 4.69) is 40.0 Å². The lowest BCUT2D eigenvalue weighted by Gasteiger charge is -2.42. The van der Waals surface area contributed by atoms with Crippen LogP contribution < -0.4 is 11.1 Å². The van der Waals surface area contributed by atoms with Crippen LogP contribution >= 0.6 is 15.9 Å². The van der Waals surface area contributed by atoms with Crippen molar-refractivity contribution in [3.05, 3.63) is 28.7 Å². The average molecular weight is 354 g/mol. The lowest BCUT2D eigenvalue weighted by atomic mass is 9.80. The maximum atomic E-state index is 12.0. The van der Waals surface area contributed by atoms with Gasteiger partial charge in [0.25, 0.3) is 0 Å². The van der Waals surface area contributed by atoms with Crippen LogP contribution in [0.2, 0.25) is 0 Å². The van der Waals surface area contributed by atoms with Gasteiger partial charge in [-0.05, 0) is 42.6 Å². The number of benzene rings is 1. The fourth-order valence-corrected chi connectivity index (χ4v) is 2.96. The van der Waals surface area contributed by atoms with Gasteiger partial charge in [0, 0.05) is 35.7 Å². The summed E-state index contributed by atoms with van der Waals surface area (Å²) in [5.74, 6) is 0.0602. The summed E-state index contributed by atoms with van der Waals surface area (Å²) in [7, 11) is 0. The monoisotopic (exact) mass is 353 g/mol. The van der Waals surface area contributed by atoms with E-state index in [9.17, 15) is 4.79 Å². The Morgan fingerprint density at radius 1 is 1.43 bits per heavy atom. The number of carbonyl (C=O) groups excluding carboxylic acids is 1. The maximum Gasteiger partial charge on any atom is 0.225 e. The molecule has 0 aliphatic carbocycles. The molecule has 1 saturated heterocycles. The van der Waals surface area contributed by atoms with Crippen molar-refractivity contribution in [3.8, 4) is 0 Å². The predicted octanol–water partition coefficient (Wildman–Crippen LogP) is 2.84. The summed E-state index contributed by atoms with van der Waals surface area (Å²) in [4.78, 5) is 14.3. The minimum Gasteiger partial charge on any atom is -0.327 e.